The summed E-state index contributed by atoms with van der Waals surface area (Å²) in [4.78, 5) is 16.0. The molecular weight excluding hydrogens is 314 g/mol. The highest BCUT2D eigenvalue weighted by atomic mass is 16.6. The Labute approximate surface area is 148 Å². The van der Waals surface area contributed by atoms with Gasteiger partial charge in [0.05, 0.1) is 12.6 Å². The number of hydrogen-bond acceptors (Lipinski definition) is 4. The minimum absolute atomic E-state index is 0.251. The maximum absolute atomic E-state index is 12.3. The Balaban J connectivity index is 1.54. The van der Waals surface area contributed by atoms with Gasteiger partial charge in [-0.15, -0.1) is 0 Å². The van der Waals surface area contributed by atoms with Crippen LogP contribution in [0.4, 0.5) is 4.79 Å². The molecule has 128 valence electrons. The minimum Gasteiger partial charge on any atom is -0.445 e. The van der Waals surface area contributed by atoms with Gasteiger partial charge >= 0.3 is 6.09 Å². The standard InChI is InChI=1S/C20H21N3O2/c21-13-19-15-23(20(24)25-16-18-9-5-2-6-10-18)12-11-22(19)14-17-7-3-1-4-8-17/h1-10,19H,11-12,14-16H2. The van der Waals surface area contributed by atoms with E-state index < -0.39 is 0 Å². The Kier molecular flexibility index (Phi) is 5.65. The first-order valence-electron chi connectivity index (χ1n) is 8.39. The summed E-state index contributed by atoms with van der Waals surface area (Å²) in [6, 6.07) is 21.6. The van der Waals surface area contributed by atoms with Crippen molar-refractivity contribution in [2.24, 2.45) is 0 Å². The van der Waals surface area contributed by atoms with Gasteiger partial charge in [-0.3, -0.25) is 4.90 Å². The topological polar surface area (TPSA) is 56.6 Å². The highest BCUT2D eigenvalue weighted by molar-refractivity contribution is 5.68. The molecule has 0 N–H and O–H groups in total. The number of piperazine rings is 1. The van der Waals surface area contributed by atoms with E-state index in [9.17, 15) is 10.1 Å². The van der Waals surface area contributed by atoms with Crippen molar-refractivity contribution >= 4 is 6.09 Å². The number of carbonyl (C=O) groups is 1. The van der Waals surface area contributed by atoms with Gasteiger partial charge in [0, 0.05) is 19.6 Å². The van der Waals surface area contributed by atoms with Crippen LogP contribution in [-0.4, -0.2) is 41.6 Å². The lowest BCUT2D eigenvalue weighted by Crippen LogP contribution is -2.53. The van der Waals surface area contributed by atoms with E-state index >= 15 is 0 Å². The van der Waals surface area contributed by atoms with Crippen molar-refractivity contribution in [2.75, 3.05) is 19.6 Å². The molecule has 0 aromatic heterocycles. The summed E-state index contributed by atoms with van der Waals surface area (Å²) in [7, 11) is 0. The fourth-order valence-corrected chi connectivity index (χ4v) is 2.93. The second kappa shape index (κ2) is 8.32. The molecule has 2 aromatic rings. The van der Waals surface area contributed by atoms with E-state index in [0.717, 1.165) is 5.56 Å². The van der Waals surface area contributed by atoms with Crippen LogP contribution in [0.25, 0.3) is 0 Å². The smallest absolute Gasteiger partial charge is 0.410 e. The molecule has 1 aliphatic heterocycles. The number of nitrogens with zero attached hydrogens (tertiary/aromatic N) is 3. The van der Waals surface area contributed by atoms with E-state index in [0.29, 0.717) is 26.2 Å². The van der Waals surface area contributed by atoms with E-state index in [4.69, 9.17) is 4.74 Å². The molecular formula is C20H21N3O2. The number of carbonyl (C=O) groups excluding carboxylic acids is 1. The van der Waals surface area contributed by atoms with Crippen LogP contribution in [-0.2, 0) is 17.9 Å². The van der Waals surface area contributed by atoms with Crippen LogP contribution in [0.2, 0.25) is 0 Å². The summed E-state index contributed by atoms with van der Waals surface area (Å²) in [6.45, 7) is 2.57. The molecule has 0 spiro atoms. The fraction of sp³-hybridized carbons (Fsp3) is 0.300. The van der Waals surface area contributed by atoms with Crippen molar-refractivity contribution in [1.29, 1.82) is 5.26 Å². The Bertz CT molecular complexity index is 728. The van der Waals surface area contributed by atoms with Gasteiger partial charge in [-0.25, -0.2) is 4.79 Å². The van der Waals surface area contributed by atoms with Crippen molar-refractivity contribution in [3.05, 3.63) is 71.8 Å². The lowest BCUT2D eigenvalue weighted by Gasteiger charge is -2.37. The van der Waals surface area contributed by atoms with E-state index in [-0.39, 0.29) is 18.7 Å². The lowest BCUT2D eigenvalue weighted by atomic mass is 10.1. The second-order valence-corrected chi connectivity index (χ2v) is 6.09. The molecule has 0 saturated carbocycles. The molecule has 1 amide bonds. The number of hydrogen-bond donors (Lipinski definition) is 0. The van der Waals surface area contributed by atoms with Crippen LogP contribution in [0.15, 0.2) is 60.7 Å². The third-order valence-corrected chi connectivity index (χ3v) is 4.33. The number of nitriles is 1. The van der Waals surface area contributed by atoms with Crippen LogP contribution >= 0.6 is 0 Å². The van der Waals surface area contributed by atoms with Crippen LogP contribution in [0.1, 0.15) is 11.1 Å². The SMILES string of the molecule is N#CC1CN(C(=O)OCc2ccccc2)CCN1Cc1ccccc1. The highest BCUT2D eigenvalue weighted by Crippen LogP contribution is 2.15. The average molecular weight is 335 g/mol. The average Bonchev–Trinajstić information content (AvgIpc) is 2.68. The molecule has 1 saturated heterocycles. The summed E-state index contributed by atoms with van der Waals surface area (Å²) >= 11 is 0. The van der Waals surface area contributed by atoms with E-state index in [1.54, 1.807) is 4.90 Å². The van der Waals surface area contributed by atoms with Crippen molar-refractivity contribution in [3.63, 3.8) is 0 Å². The molecule has 1 aliphatic rings. The Morgan fingerprint density at radius 3 is 2.32 bits per heavy atom. The second-order valence-electron chi connectivity index (χ2n) is 6.09. The van der Waals surface area contributed by atoms with Gasteiger partial charge in [0.2, 0.25) is 0 Å². The summed E-state index contributed by atoms with van der Waals surface area (Å²) < 4.78 is 5.37. The monoisotopic (exact) mass is 335 g/mol. The third kappa shape index (κ3) is 4.59. The minimum atomic E-state index is -0.358. The molecule has 1 heterocycles. The molecule has 5 heteroatoms. The molecule has 1 unspecified atom stereocenters. The first-order chi connectivity index (χ1) is 12.3. The Hall–Kier alpha value is -2.84. The van der Waals surface area contributed by atoms with E-state index in [1.807, 2.05) is 48.5 Å². The summed E-state index contributed by atoms with van der Waals surface area (Å²) in [5, 5.41) is 9.48. The largest absolute Gasteiger partial charge is 0.445 e. The van der Waals surface area contributed by atoms with Gasteiger partial charge in [-0.2, -0.15) is 5.26 Å². The van der Waals surface area contributed by atoms with Gasteiger partial charge in [0.1, 0.15) is 12.6 Å². The Morgan fingerprint density at radius 1 is 1.04 bits per heavy atom. The molecule has 5 nitrogen and oxygen atoms in total. The van der Waals surface area contributed by atoms with Crippen LogP contribution in [0, 0.1) is 11.3 Å². The lowest BCUT2D eigenvalue weighted by molar-refractivity contribution is 0.0573. The number of benzene rings is 2. The summed E-state index contributed by atoms with van der Waals surface area (Å²) in [5.74, 6) is 0. The molecule has 25 heavy (non-hydrogen) atoms. The van der Waals surface area contributed by atoms with Crippen molar-refractivity contribution in [3.8, 4) is 6.07 Å². The first kappa shape index (κ1) is 17.0. The Morgan fingerprint density at radius 2 is 1.68 bits per heavy atom. The summed E-state index contributed by atoms with van der Waals surface area (Å²) in [5.41, 5.74) is 2.12. The number of rotatable bonds is 4. The summed E-state index contributed by atoms with van der Waals surface area (Å²) in [6.07, 6.45) is -0.358. The van der Waals surface area contributed by atoms with Crippen molar-refractivity contribution in [1.82, 2.24) is 9.80 Å². The van der Waals surface area contributed by atoms with Gasteiger partial charge in [-0.1, -0.05) is 60.7 Å². The van der Waals surface area contributed by atoms with Gasteiger partial charge in [0.25, 0.3) is 0 Å². The molecule has 2 aromatic carbocycles. The van der Waals surface area contributed by atoms with Crippen LogP contribution in [0.5, 0.6) is 0 Å². The molecule has 1 fully saturated rings. The third-order valence-electron chi connectivity index (χ3n) is 4.33. The zero-order valence-corrected chi connectivity index (χ0v) is 14.0. The van der Waals surface area contributed by atoms with Gasteiger partial charge in [-0.05, 0) is 11.1 Å². The molecule has 3 rings (SSSR count). The van der Waals surface area contributed by atoms with Crippen molar-refractivity contribution < 1.29 is 9.53 Å². The van der Waals surface area contributed by atoms with Crippen LogP contribution in [0.3, 0.4) is 0 Å². The molecule has 1 atom stereocenters. The fourth-order valence-electron chi connectivity index (χ4n) is 2.93. The molecule has 0 aliphatic carbocycles. The van der Waals surface area contributed by atoms with Crippen LogP contribution < -0.4 is 0 Å². The van der Waals surface area contributed by atoms with E-state index in [2.05, 4.69) is 23.1 Å². The van der Waals surface area contributed by atoms with E-state index in [1.165, 1.54) is 5.56 Å². The highest BCUT2D eigenvalue weighted by Gasteiger charge is 2.30. The first-order valence-corrected chi connectivity index (χ1v) is 8.39. The zero-order valence-electron chi connectivity index (χ0n) is 14.0. The van der Waals surface area contributed by atoms with Gasteiger partial charge in [0.15, 0.2) is 0 Å². The van der Waals surface area contributed by atoms with Crippen molar-refractivity contribution in [2.45, 2.75) is 19.2 Å². The number of amides is 1. The maximum Gasteiger partial charge on any atom is 0.410 e. The maximum atomic E-state index is 12.3. The zero-order chi connectivity index (χ0) is 17.5. The number of ether oxygens (including phenoxy) is 1. The quantitative estimate of drug-likeness (QED) is 0.862. The van der Waals surface area contributed by atoms with Gasteiger partial charge < -0.3 is 9.64 Å². The predicted octanol–water partition coefficient (Wildman–Crippen LogP) is 3.03. The predicted molar refractivity (Wildman–Crippen MR) is 94.5 cm³/mol. The molecule has 0 bridgehead atoms. The normalized spacial score (nSPS) is 17.7. The molecule has 0 radical (unpaired) electrons.